The molecule has 1 aliphatic heterocycles. The van der Waals surface area contributed by atoms with Crippen molar-refractivity contribution < 1.29 is 14.1 Å². The van der Waals surface area contributed by atoms with Gasteiger partial charge in [-0.15, -0.1) is 0 Å². The first-order chi connectivity index (χ1) is 14.6. The van der Waals surface area contributed by atoms with Gasteiger partial charge in [-0.1, -0.05) is 24.4 Å². The van der Waals surface area contributed by atoms with E-state index in [0.29, 0.717) is 11.3 Å². The van der Waals surface area contributed by atoms with Gasteiger partial charge in [-0.3, -0.25) is 15.2 Å². The molecular formula is C23H19N4O2S+. The van der Waals surface area contributed by atoms with E-state index < -0.39 is 12.0 Å². The quantitative estimate of drug-likeness (QED) is 0.297. The molecule has 2 atom stereocenters. The lowest BCUT2D eigenvalue weighted by Gasteiger charge is -2.29. The minimum absolute atomic E-state index is 0.221. The highest BCUT2D eigenvalue weighted by molar-refractivity contribution is 7.80. The fourth-order valence-electron chi connectivity index (χ4n) is 3.67. The van der Waals surface area contributed by atoms with Gasteiger partial charge in [0.25, 0.3) is 5.91 Å². The van der Waals surface area contributed by atoms with E-state index in [1.807, 2.05) is 65.5 Å². The van der Waals surface area contributed by atoms with Crippen LogP contribution in [0.2, 0.25) is 0 Å². The average molecular weight is 415 g/mol. The zero-order chi connectivity index (χ0) is 21.1. The number of thiocarbonyl (C=S) groups is 1. The number of aromatic nitrogens is 2. The lowest BCUT2D eigenvalue weighted by molar-refractivity contribution is -0.711. The van der Waals surface area contributed by atoms with Gasteiger partial charge >= 0.3 is 0 Å². The van der Waals surface area contributed by atoms with Crippen molar-refractivity contribution in [2.45, 2.75) is 12.0 Å². The SMILES string of the molecule is COc1ccc(C2C(=C=N)C(=S)NC(=O)C2[n+]2ccc(-c3ccncc3)cc2)cc1. The van der Waals surface area contributed by atoms with E-state index in [-0.39, 0.29) is 10.9 Å². The smallest absolute Gasteiger partial charge is 0.295 e. The molecule has 0 radical (unpaired) electrons. The number of carbonyl (C=O) groups is 1. The van der Waals surface area contributed by atoms with Gasteiger partial charge < -0.3 is 10.1 Å². The first-order valence-corrected chi connectivity index (χ1v) is 9.73. The number of rotatable bonds is 4. The number of pyridine rings is 2. The van der Waals surface area contributed by atoms with E-state index in [2.05, 4.69) is 16.2 Å². The Morgan fingerprint density at radius 2 is 1.70 bits per heavy atom. The second-order valence-corrected chi connectivity index (χ2v) is 7.23. The maximum Gasteiger partial charge on any atom is 0.295 e. The fourth-order valence-corrected chi connectivity index (χ4v) is 3.94. The molecule has 4 rings (SSSR count). The van der Waals surface area contributed by atoms with Gasteiger partial charge in [-0.25, -0.2) is 0 Å². The molecule has 1 aliphatic rings. The van der Waals surface area contributed by atoms with Crippen LogP contribution in [0.25, 0.3) is 11.1 Å². The number of carbonyl (C=O) groups excluding carboxylic acids is 1. The second kappa shape index (κ2) is 8.37. The van der Waals surface area contributed by atoms with Crippen molar-refractivity contribution in [3.8, 4) is 16.9 Å². The molecule has 0 aliphatic carbocycles. The summed E-state index contributed by atoms with van der Waals surface area (Å²) >= 11 is 5.33. The van der Waals surface area contributed by atoms with Crippen molar-refractivity contribution in [2.24, 2.45) is 0 Å². The molecule has 2 aromatic heterocycles. The first-order valence-electron chi connectivity index (χ1n) is 9.32. The monoisotopic (exact) mass is 415 g/mol. The lowest BCUT2D eigenvalue weighted by Crippen LogP contribution is -2.56. The Morgan fingerprint density at radius 1 is 1.07 bits per heavy atom. The number of nitrogens with one attached hydrogen (secondary N) is 2. The molecule has 2 N–H and O–H groups in total. The largest absolute Gasteiger partial charge is 0.497 e. The highest BCUT2D eigenvalue weighted by Crippen LogP contribution is 2.36. The predicted molar refractivity (Wildman–Crippen MR) is 117 cm³/mol. The van der Waals surface area contributed by atoms with Gasteiger partial charge in [0.15, 0.2) is 12.4 Å². The molecule has 2 unspecified atom stereocenters. The molecule has 1 aromatic carbocycles. The topological polar surface area (TPSA) is 79.0 Å². The van der Waals surface area contributed by atoms with E-state index in [9.17, 15) is 4.79 Å². The summed E-state index contributed by atoms with van der Waals surface area (Å²) in [4.78, 5) is 17.3. The van der Waals surface area contributed by atoms with Gasteiger partial charge in [0.05, 0.1) is 18.6 Å². The van der Waals surface area contributed by atoms with Gasteiger partial charge in [-0.05, 0) is 46.8 Å². The van der Waals surface area contributed by atoms with E-state index in [1.54, 1.807) is 19.5 Å². The van der Waals surface area contributed by atoms with E-state index >= 15 is 0 Å². The normalized spacial score (nSPS) is 18.5. The van der Waals surface area contributed by atoms with Crippen LogP contribution >= 0.6 is 12.2 Å². The number of nitrogens with zero attached hydrogens (tertiary/aromatic N) is 2. The van der Waals surface area contributed by atoms with E-state index in [4.69, 9.17) is 22.4 Å². The summed E-state index contributed by atoms with van der Waals surface area (Å²) in [7, 11) is 1.60. The summed E-state index contributed by atoms with van der Waals surface area (Å²) in [6.07, 6.45) is 7.22. The summed E-state index contributed by atoms with van der Waals surface area (Å²) in [5.74, 6) is 2.50. The number of ether oxygens (including phenoxy) is 1. The maximum absolute atomic E-state index is 13.0. The second-order valence-electron chi connectivity index (χ2n) is 6.82. The molecule has 148 valence electrons. The molecule has 1 saturated heterocycles. The molecule has 1 amide bonds. The molecule has 30 heavy (non-hydrogen) atoms. The van der Waals surface area contributed by atoms with Crippen LogP contribution < -0.4 is 14.6 Å². The number of hydrogen-bond donors (Lipinski definition) is 2. The average Bonchev–Trinajstić information content (AvgIpc) is 2.79. The minimum Gasteiger partial charge on any atom is -0.497 e. The van der Waals surface area contributed by atoms with Crippen molar-refractivity contribution in [2.75, 3.05) is 7.11 Å². The zero-order valence-corrected chi connectivity index (χ0v) is 17.0. The van der Waals surface area contributed by atoms with Gasteiger partial charge in [0.2, 0.25) is 6.04 Å². The first kappa shape index (κ1) is 19.6. The summed E-state index contributed by atoms with van der Waals surface area (Å²) in [6, 6.07) is 14.6. The molecule has 3 aromatic rings. The van der Waals surface area contributed by atoms with Crippen LogP contribution in [0.15, 0.2) is 78.9 Å². The van der Waals surface area contributed by atoms with Gasteiger partial charge in [0.1, 0.15) is 10.7 Å². The molecular weight excluding hydrogens is 396 g/mol. The Kier molecular flexibility index (Phi) is 5.48. The van der Waals surface area contributed by atoms with Crippen LogP contribution in [0.1, 0.15) is 17.5 Å². The molecule has 7 heteroatoms. The molecule has 0 spiro atoms. The van der Waals surface area contributed by atoms with Gasteiger partial charge in [0, 0.05) is 24.5 Å². The van der Waals surface area contributed by atoms with Crippen LogP contribution in [-0.2, 0) is 4.79 Å². The van der Waals surface area contributed by atoms with Crippen molar-refractivity contribution in [3.63, 3.8) is 0 Å². The van der Waals surface area contributed by atoms with Gasteiger partial charge in [-0.2, -0.15) is 4.57 Å². The minimum atomic E-state index is -0.607. The van der Waals surface area contributed by atoms with Crippen LogP contribution in [-0.4, -0.2) is 28.9 Å². The Labute approximate surface area is 179 Å². The van der Waals surface area contributed by atoms with Crippen LogP contribution in [0, 0.1) is 5.41 Å². The Hall–Kier alpha value is -3.67. The number of benzene rings is 1. The van der Waals surface area contributed by atoms with Crippen molar-refractivity contribution in [1.82, 2.24) is 10.3 Å². The van der Waals surface area contributed by atoms with E-state index in [0.717, 1.165) is 16.7 Å². The highest BCUT2D eigenvalue weighted by Gasteiger charge is 2.45. The fraction of sp³-hybridized carbons (Fsp3) is 0.130. The predicted octanol–water partition coefficient (Wildman–Crippen LogP) is 3.00. The summed E-state index contributed by atoms with van der Waals surface area (Å²) < 4.78 is 7.09. The molecule has 0 saturated carbocycles. The summed E-state index contributed by atoms with van der Waals surface area (Å²) in [5.41, 5.74) is 3.39. The zero-order valence-electron chi connectivity index (χ0n) is 16.2. The van der Waals surface area contributed by atoms with E-state index in [1.165, 1.54) is 0 Å². The standard InChI is InChI=1S/C23H18N4O2S/c1-29-18-4-2-17(3-5-18)20-19(14-24)23(30)26-22(28)21(20)27-12-8-16(9-13-27)15-6-10-25-11-7-15/h2-13,20-21,24H,1H3/p+1. The van der Waals surface area contributed by atoms with Crippen molar-refractivity contribution in [3.05, 3.63) is 84.5 Å². The van der Waals surface area contributed by atoms with Crippen molar-refractivity contribution in [1.29, 1.82) is 5.41 Å². The lowest BCUT2D eigenvalue weighted by atomic mass is 9.81. The number of methoxy groups -OCH3 is 1. The number of piperidine rings is 1. The van der Waals surface area contributed by atoms with Crippen molar-refractivity contribution >= 4 is 29.0 Å². The van der Waals surface area contributed by atoms with Crippen LogP contribution in [0.3, 0.4) is 0 Å². The Bertz CT molecular complexity index is 1140. The number of amides is 1. The van der Waals surface area contributed by atoms with Crippen LogP contribution in [0.4, 0.5) is 0 Å². The third-order valence-electron chi connectivity index (χ3n) is 5.17. The highest BCUT2D eigenvalue weighted by atomic mass is 32.1. The molecule has 3 heterocycles. The summed E-state index contributed by atoms with van der Waals surface area (Å²) in [5, 5.41) is 10.5. The third kappa shape index (κ3) is 3.64. The Balaban J connectivity index is 1.77. The summed E-state index contributed by atoms with van der Waals surface area (Å²) in [6.45, 7) is 0. The van der Waals surface area contributed by atoms with Crippen LogP contribution in [0.5, 0.6) is 5.75 Å². The molecule has 0 bridgehead atoms. The molecule has 1 fully saturated rings. The molecule has 6 nitrogen and oxygen atoms in total. The third-order valence-corrected chi connectivity index (χ3v) is 5.50. The Morgan fingerprint density at radius 3 is 2.30 bits per heavy atom. The number of hydrogen-bond acceptors (Lipinski definition) is 5. The maximum atomic E-state index is 13.0.